The van der Waals surface area contributed by atoms with E-state index in [0.29, 0.717) is 23.7 Å². The van der Waals surface area contributed by atoms with Crippen molar-refractivity contribution in [2.24, 2.45) is 0 Å². The molecule has 0 spiro atoms. The summed E-state index contributed by atoms with van der Waals surface area (Å²) in [5, 5.41) is 0. The smallest absolute Gasteiger partial charge is 0.231 e. The number of nitrogens with zero attached hydrogens (tertiary/aromatic N) is 1. The van der Waals surface area contributed by atoms with Crippen LogP contribution in [0.4, 0.5) is 0 Å². The molecule has 7 heteroatoms. The normalized spacial score (nSPS) is 20.7. The fourth-order valence-electron chi connectivity index (χ4n) is 4.54. The molecule has 3 rings (SSSR count). The summed E-state index contributed by atoms with van der Waals surface area (Å²) < 4.78 is 34.0. The first-order chi connectivity index (χ1) is 14.5. The van der Waals surface area contributed by atoms with Crippen LogP contribution in [0.5, 0.6) is 17.2 Å². The number of allylic oxidation sites excluding steroid dienone is 2. The van der Waals surface area contributed by atoms with Crippen molar-refractivity contribution >= 4 is 0 Å². The topological polar surface area (TPSA) is 58.6 Å². The van der Waals surface area contributed by atoms with Crippen molar-refractivity contribution in [1.29, 1.82) is 0 Å². The lowest BCUT2D eigenvalue weighted by atomic mass is 9.84. The predicted octanol–water partition coefficient (Wildman–Crippen LogP) is 3.48. The Hall–Kier alpha value is -2.22. The molecule has 0 bridgehead atoms. The van der Waals surface area contributed by atoms with Crippen LogP contribution in [0.3, 0.4) is 0 Å². The van der Waals surface area contributed by atoms with E-state index in [1.165, 1.54) is 11.1 Å². The molecule has 1 aliphatic carbocycles. The highest BCUT2D eigenvalue weighted by molar-refractivity contribution is 5.61. The molecule has 1 aromatic rings. The van der Waals surface area contributed by atoms with E-state index >= 15 is 0 Å². The van der Waals surface area contributed by atoms with Gasteiger partial charge in [0, 0.05) is 38.8 Å². The molecule has 0 saturated heterocycles. The minimum absolute atomic E-state index is 0.124. The highest BCUT2D eigenvalue weighted by atomic mass is 16.7. The van der Waals surface area contributed by atoms with Gasteiger partial charge in [-0.05, 0) is 37.6 Å². The zero-order valence-electron chi connectivity index (χ0n) is 19.0. The van der Waals surface area contributed by atoms with E-state index in [-0.39, 0.29) is 6.04 Å². The maximum atomic E-state index is 5.83. The second-order valence-electron chi connectivity index (χ2n) is 7.57. The molecule has 30 heavy (non-hydrogen) atoms. The average molecular weight is 420 g/mol. The van der Waals surface area contributed by atoms with Gasteiger partial charge in [-0.1, -0.05) is 11.6 Å². The first-order valence-electron chi connectivity index (χ1n) is 10.0. The molecule has 1 unspecified atom stereocenters. The molecule has 1 heterocycles. The monoisotopic (exact) mass is 419 g/mol. The maximum absolute atomic E-state index is 5.83. The third kappa shape index (κ3) is 3.77. The van der Waals surface area contributed by atoms with Gasteiger partial charge < -0.3 is 28.4 Å². The third-order valence-corrected chi connectivity index (χ3v) is 6.19. The van der Waals surface area contributed by atoms with E-state index in [0.717, 1.165) is 30.7 Å². The Morgan fingerprint density at radius 3 is 2.20 bits per heavy atom. The van der Waals surface area contributed by atoms with Crippen LogP contribution < -0.4 is 14.2 Å². The second kappa shape index (κ2) is 9.29. The summed E-state index contributed by atoms with van der Waals surface area (Å²) in [7, 11) is 12.0. The molecule has 7 nitrogen and oxygen atoms in total. The van der Waals surface area contributed by atoms with E-state index < -0.39 is 5.79 Å². The Morgan fingerprint density at radius 2 is 1.63 bits per heavy atom. The van der Waals surface area contributed by atoms with Crippen LogP contribution >= 0.6 is 0 Å². The lowest BCUT2D eigenvalue weighted by Gasteiger charge is -2.39. The Balaban J connectivity index is 2.03. The van der Waals surface area contributed by atoms with E-state index in [1.54, 1.807) is 42.7 Å². The molecule has 1 aromatic carbocycles. The SMILES string of the molecule is COC1=CC=C(CC2c3c(cc(OC)c(OC)c3OC)CCN2C)CC1(OC)OC. The average Bonchev–Trinajstić information content (AvgIpc) is 2.79. The van der Waals surface area contributed by atoms with Crippen molar-refractivity contribution in [3.05, 3.63) is 40.7 Å². The first kappa shape index (κ1) is 22.5. The van der Waals surface area contributed by atoms with Gasteiger partial charge in [-0.2, -0.15) is 0 Å². The van der Waals surface area contributed by atoms with E-state index in [1.807, 2.05) is 6.08 Å². The molecule has 0 amide bonds. The molecule has 1 atom stereocenters. The summed E-state index contributed by atoms with van der Waals surface area (Å²) in [6.07, 6.45) is 6.35. The Morgan fingerprint density at radius 1 is 0.933 bits per heavy atom. The highest BCUT2D eigenvalue weighted by Gasteiger charge is 2.40. The van der Waals surface area contributed by atoms with Crippen molar-refractivity contribution in [2.75, 3.05) is 56.3 Å². The summed E-state index contributed by atoms with van der Waals surface area (Å²) in [5.41, 5.74) is 3.58. The van der Waals surface area contributed by atoms with Crippen LogP contribution in [0.1, 0.15) is 30.0 Å². The number of hydrogen-bond donors (Lipinski definition) is 0. The van der Waals surface area contributed by atoms with Crippen LogP contribution in [-0.4, -0.2) is 66.9 Å². The third-order valence-electron chi connectivity index (χ3n) is 6.19. The standard InChI is InChI=1S/C23H33NO6/c1-24-11-10-16-13-18(25-2)21(27-4)22(28-5)20(16)17(24)12-15-8-9-19(26-3)23(14-15,29-6)30-7/h8-9,13,17H,10-12,14H2,1-7H3. The van der Waals surface area contributed by atoms with Crippen molar-refractivity contribution in [3.8, 4) is 17.2 Å². The summed E-state index contributed by atoms with van der Waals surface area (Å²) >= 11 is 0. The van der Waals surface area contributed by atoms with E-state index in [4.69, 9.17) is 28.4 Å². The summed E-state index contributed by atoms with van der Waals surface area (Å²) in [4.78, 5) is 2.36. The molecule has 1 aliphatic heterocycles. The fourth-order valence-corrected chi connectivity index (χ4v) is 4.54. The molecule has 2 aliphatic rings. The maximum Gasteiger partial charge on any atom is 0.231 e. The summed E-state index contributed by atoms with van der Waals surface area (Å²) in [5.74, 6) is 1.81. The van der Waals surface area contributed by atoms with Crippen LogP contribution in [-0.2, 0) is 20.6 Å². The van der Waals surface area contributed by atoms with Gasteiger partial charge in [0.1, 0.15) is 0 Å². The predicted molar refractivity (Wildman–Crippen MR) is 114 cm³/mol. The molecule has 0 N–H and O–H groups in total. The van der Waals surface area contributed by atoms with Gasteiger partial charge in [0.05, 0.1) is 28.4 Å². The Bertz CT molecular complexity index is 827. The molecule has 0 aromatic heterocycles. The molecular formula is C23H33NO6. The van der Waals surface area contributed by atoms with Gasteiger partial charge in [0.2, 0.25) is 11.5 Å². The summed E-state index contributed by atoms with van der Waals surface area (Å²) in [6.45, 7) is 0.947. The molecule has 166 valence electrons. The van der Waals surface area contributed by atoms with Crippen molar-refractivity contribution in [3.63, 3.8) is 0 Å². The zero-order chi connectivity index (χ0) is 21.9. The first-order valence-corrected chi connectivity index (χ1v) is 10.0. The van der Waals surface area contributed by atoms with Gasteiger partial charge in [-0.3, -0.25) is 4.90 Å². The number of ether oxygens (including phenoxy) is 6. The minimum Gasteiger partial charge on any atom is -0.495 e. The minimum atomic E-state index is -0.906. The van der Waals surface area contributed by atoms with Crippen LogP contribution in [0.2, 0.25) is 0 Å². The van der Waals surface area contributed by atoms with Crippen LogP contribution in [0.15, 0.2) is 29.6 Å². The number of methoxy groups -OCH3 is 6. The zero-order valence-corrected chi connectivity index (χ0v) is 19.0. The lowest BCUT2D eigenvalue weighted by Crippen LogP contribution is -2.39. The van der Waals surface area contributed by atoms with E-state index in [2.05, 4.69) is 24.1 Å². The van der Waals surface area contributed by atoms with Gasteiger partial charge in [0.25, 0.3) is 0 Å². The number of likely N-dealkylation sites (N-methyl/N-ethyl adjacent to an activating group) is 1. The fraction of sp³-hybridized carbons (Fsp3) is 0.565. The number of rotatable bonds is 8. The number of fused-ring (bicyclic) bond motifs is 1. The second-order valence-corrected chi connectivity index (χ2v) is 7.57. The van der Waals surface area contributed by atoms with E-state index in [9.17, 15) is 0 Å². The van der Waals surface area contributed by atoms with Gasteiger partial charge in [-0.15, -0.1) is 0 Å². The quantitative estimate of drug-likeness (QED) is 0.598. The largest absolute Gasteiger partial charge is 0.495 e. The lowest BCUT2D eigenvalue weighted by molar-refractivity contribution is -0.200. The molecule has 0 radical (unpaired) electrons. The Labute approximate surface area is 179 Å². The van der Waals surface area contributed by atoms with Gasteiger partial charge in [-0.25, -0.2) is 0 Å². The number of benzene rings is 1. The molecule has 0 saturated carbocycles. The summed E-state index contributed by atoms with van der Waals surface area (Å²) in [6, 6.07) is 2.20. The van der Waals surface area contributed by atoms with Crippen LogP contribution in [0.25, 0.3) is 0 Å². The van der Waals surface area contributed by atoms with Crippen LogP contribution in [0, 0.1) is 0 Å². The van der Waals surface area contributed by atoms with Crippen molar-refractivity contribution in [2.45, 2.75) is 31.1 Å². The Kier molecular flexibility index (Phi) is 6.95. The number of hydrogen-bond acceptors (Lipinski definition) is 7. The van der Waals surface area contributed by atoms with Gasteiger partial charge in [0.15, 0.2) is 17.3 Å². The molecular weight excluding hydrogens is 386 g/mol. The molecule has 0 fully saturated rings. The van der Waals surface area contributed by atoms with Crippen molar-refractivity contribution < 1.29 is 28.4 Å². The van der Waals surface area contributed by atoms with Gasteiger partial charge >= 0.3 is 0 Å². The van der Waals surface area contributed by atoms with Crippen molar-refractivity contribution in [1.82, 2.24) is 4.90 Å². The highest BCUT2D eigenvalue weighted by Crippen LogP contribution is 2.49.